The van der Waals surface area contributed by atoms with Crippen LogP contribution >= 0.6 is 0 Å². The third-order valence-electron chi connectivity index (χ3n) is 6.50. The fourth-order valence-corrected chi connectivity index (χ4v) is 4.88. The zero-order valence-electron chi connectivity index (χ0n) is 16.5. The molecular weight excluding hydrogens is 367 g/mol. The van der Waals surface area contributed by atoms with Gasteiger partial charge in [0.2, 0.25) is 5.91 Å². The van der Waals surface area contributed by atoms with Crippen molar-refractivity contribution >= 4 is 5.91 Å². The van der Waals surface area contributed by atoms with Gasteiger partial charge in [-0.3, -0.25) is 9.78 Å². The highest BCUT2D eigenvalue weighted by Crippen LogP contribution is 2.48. The predicted octanol–water partition coefficient (Wildman–Crippen LogP) is 4.24. The Morgan fingerprint density at radius 2 is 1.97 bits per heavy atom. The fraction of sp³-hybridized carbons (Fsp3) is 0.417. The van der Waals surface area contributed by atoms with Crippen LogP contribution < -0.4 is 4.74 Å². The van der Waals surface area contributed by atoms with Crippen LogP contribution in [0.3, 0.4) is 0 Å². The second-order valence-electron chi connectivity index (χ2n) is 8.58. The number of nitrogens with zero attached hydrogens (tertiary/aromatic N) is 2. The number of hydrogen-bond acceptors (Lipinski definition) is 3. The van der Waals surface area contributed by atoms with Crippen molar-refractivity contribution in [2.24, 2.45) is 5.41 Å². The number of halogens is 1. The minimum atomic E-state index is -0.282. The number of carbonyl (C=O) groups excluding carboxylic acids is 1. The van der Waals surface area contributed by atoms with E-state index in [1.165, 1.54) is 12.1 Å². The van der Waals surface area contributed by atoms with E-state index < -0.39 is 0 Å². The van der Waals surface area contributed by atoms with Crippen LogP contribution in [-0.2, 0) is 4.79 Å². The Morgan fingerprint density at radius 3 is 2.72 bits per heavy atom. The molecule has 1 aromatic heterocycles. The van der Waals surface area contributed by atoms with Gasteiger partial charge in [0.1, 0.15) is 17.7 Å². The average molecular weight is 390 g/mol. The number of amides is 1. The SMILES string of the molecule is CC1(C(=O)N2C[C@@H]3C[C@H]2c2cncc(C#Cc4ccc(F)cc4)c2O3)CCCC1. The summed E-state index contributed by atoms with van der Waals surface area (Å²) >= 11 is 0. The Bertz CT molecular complexity index is 1020. The molecule has 0 N–H and O–H groups in total. The first kappa shape index (κ1) is 18.2. The summed E-state index contributed by atoms with van der Waals surface area (Å²) < 4.78 is 19.3. The van der Waals surface area contributed by atoms with Gasteiger partial charge in [0.25, 0.3) is 0 Å². The van der Waals surface area contributed by atoms with E-state index in [-0.39, 0.29) is 29.3 Å². The number of hydrogen-bond donors (Lipinski definition) is 0. The molecule has 2 fully saturated rings. The molecular formula is C24H23FN2O2. The Balaban J connectivity index is 1.46. The maximum atomic E-state index is 13.3. The molecule has 3 aliphatic rings. The van der Waals surface area contributed by atoms with Crippen molar-refractivity contribution < 1.29 is 13.9 Å². The van der Waals surface area contributed by atoms with Gasteiger partial charge in [0.05, 0.1) is 18.2 Å². The molecule has 5 heteroatoms. The Hall–Kier alpha value is -2.87. The van der Waals surface area contributed by atoms with E-state index in [1.54, 1.807) is 18.3 Å². The average Bonchev–Trinajstić information content (AvgIpc) is 3.32. The van der Waals surface area contributed by atoms with Gasteiger partial charge in [-0.1, -0.05) is 31.6 Å². The molecule has 2 atom stereocenters. The van der Waals surface area contributed by atoms with Gasteiger partial charge < -0.3 is 9.64 Å². The zero-order valence-corrected chi connectivity index (χ0v) is 16.5. The fourth-order valence-electron chi connectivity index (χ4n) is 4.88. The minimum absolute atomic E-state index is 0.00442. The van der Waals surface area contributed by atoms with Gasteiger partial charge in [0.15, 0.2) is 0 Å². The molecule has 29 heavy (non-hydrogen) atoms. The van der Waals surface area contributed by atoms with Crippen LogP contribution in [0.15, 0.2) is 36.7 Å². The van der Waals surface area contributed by atoms with E-state index in [2.05, 4.69) is 23.7 Å². The van der Waals surface area contributed by atoms with Crippen LogP contribution in [0.5, 0.6) is 5.75 Å². The number of rotatable bonds is 1. The highest BCUT2D eigenvalue weighted by atomic mass is 19.1. The summed E-state index contributed by atoms with van der Waals surface area (Å²) in [5, 5.41) is 0. The molecule has 0 spiro atoms. The molecule has 1 aromatic carbocycles. The molecule has 1 aliphatic carbocycles. The predicted molar refractivity (Wildman–Crippen MR) is 107 cm³/mol. The van der Waals surface area contributed by atoms with Crippen molar-refractivity contribution in [1.82, 2.24) is 9.88 Å². The van der Waals surface area contributed by atoms with E-state index in [9.17, 15) is 9.18 Å². The van der Waals surface area contributed by atoms with Crippen molar-refractivity contribution in [2.75, 3.05) is 6.54 Å². The van der Waals surface area contributed by atoms with Gasteiger partial charge in [-0.05, 0) is 37.1 Å². The van der Waals surface area contributed by atoms with Crippen LogP contribution in [0.4, 0.5) is 4.39 Å². The molecule has 4 nitrogen and oxygen atoms in total. The number of fused-ring (bicyclic) bond motifs is 4. The lowest BCUT2D eigenvalue weighted by molar-refractivity contribution is -0.142. The first-order chi connectivity index (χ1) is 14.0. The standard InChI is InChI=1S/C24H23FN2O2/c1-24(10-2-3-11-24)23(28)27-15-19-12-21(27)20-14-26-13-17(22(20)29-19)7-4-16-5-8-18(25)9-6-16/h5-6,8-9,13-14,19,21H,2-3,10-12,15H2,1H3/t19-,21-/m0/s1. The zero-order chi connectivity index (χ0) is 20.0. The molecule has 1 saturated carbocycles. The second kappa shape index (κ2) is 6.88. The van der Waals surface area contributed by atoms with Gasteiger partial charge in [-0.25, -0.2) is 4.39 Å². The Morgan fingerprint density at radius 1 is 1.21 bits per heavy atom. The number of aromatic nitrogens is 1. The van der Waals surface area contributed by atoms with Crippen LogP contribution in [0.25, 0.3) is 0 Å². The normalized spacial score (nSPS) is 23.7. The maximum Gasteiger partial charge on any atom is 0.229 e. The molecule has 0 unspecified atom stereocenters. The van der Waals surface area contributed by atoms with Crippen LogP contribution in [0.1, 0.15) is 61.8 Å². The van der Waals surface area contributed by atoms with Gasteiger partial charge in [-0.2, -0.15) is 0 Å². The van der Waals surface area contributed by atoms with E-state index in [4.69, 9.17) is 4.74 Å². The lowest BCUT2D eigenvalue weighted by Crippen LogP contribution is -2.41. The van der Waals surface area contributed by atoms with E-state index >= 15 is 0 Å². The summed E-state index contributed by atoms with van der Waals surface area (Å²) in [6.45, 7) is 2.73. The Kier molecular flexibility index (Phi) is 4.31. The number of ether oxygens (including phenoxy) is 1. The lowest BCUT2D eigenvalue weighted by Gasteiger charge is -2.32. The molecule has 2 aliphatic heterocycles. The van der Waals surface area contributed by atoms with Crippen molar-refractivity contribution in [3.05, 3.63) is 59.2 Å². The van der Waals surface area contributed by atoms with Crippen molar-refractivity contribution in [1.29, 1.82) is 0 Å². The highest BCUT2D eigenvalue weighted by molar-refractivity contribution is 5.83. The van der Waals surface area contributed by atoms with Gasteiger partial charge >= 0.3 is 0 Å². The molecule has 1 saturated heterocycles. The van der Waals surface area contributed by atoms with Crippen molar-refractivity contribution in [3.63, 3.8) is 0 Å². The summed E-state index contributed by atoms with van der Waals surface area (Å²) in [5.41, 5.74) is 2.14. The minimum Gasteiger partial charge on any atom is -0.487 e. The van der Waals surface area contributed by atoms with E-state index in [1.807, 2.05) is 11.1 Å². The molecule has 148 valence electrons. The topological polar surface area (TPSA) is 42.4 Å². The smallest absolute Gasteiger partial charge is 0.229 e. The van der Waals surface area contributed by atoms with Gasteiger partial charge in [-0.15, -0.1) is 0 Å². The van der Waals surface area contributed by atoms with E-state index in [0.29, 0.717) is 12.1 Å². The van der Waals surface area contributed by atoms with Crippen LogP contribution in [0, 0.1) is 23.1 Å². The summed E-state index contributed by atoms with van der Waals surface area (Å²) in [6, 6.07) is 6.10. The number of carbonyl (C=O) groups is 1. The highest BCUT2D eigenvalue weighted by Gasteiger charge is 2.48. The lowest BCUT2D eigenvalue weighted by atomic mass is 9.86. The quantitative estimate of drug-likeness (QED) is 0.684. The number of likely N-dealkylation sites (tertiary alicyclic amines) is 1. The van der Waals surface area contributed by atoms with Gasteiger partial charge in [0, 0.05) is 35.4 Å². The third kappa shape index (κ3) is 3.17. The molecule has 2 bridgehead atoms. The first-order valence-corrected chi connectivity index (χ1v) is 10.3. The maximum absolute atomic E-state index is 13.3. The molecule has 5 rings (SSSR count). The molecule has 1 amide bonds. The van der Waals surface area contributed by atoms with Crippen molar-refractivity contribution in [2.45, 2.75) is 51.2 Å². The number of benzene rings is 1. The van der Waals surface area contributed by atoms with Crippen LogP contribution in [0.2, 0.25) is 0 Å². The summed E-state index contributed by atoms with van der Waals surface area (Å²) in [4.78, 5) is 19.7. The van der Waals surface area contributed by atoms with Crippen LogP contribution in [-0.4, -0.2) is 28.4 Å². The Labute approximate surface area is 170 Å². The largest absolute Gasteiger partial charge is 0.487 e. The second-order valence-corrected chi connectivity index (χ2v) is 8.58. The monoisotopic (exact) mass is 390 g/mol. The molecule has 3 heterocycles. The van der Waals surface area contributed by atoms with E-state index in [0.717, 1.165) is 49.0 Å². The summed E-state index contributed by atoms with van der Waals surface area (Å²) in [7, 11) is 0. The van der Waals surface area contributed by atoms with Crippen molar-refractivity contribution in [3.8, 4) is 17.6 Å². The molecule has 0 radical (unpaired) electrons. The molecule has 2 aromatic rings. The third-order valence-corrected chi connectivity index (χ3v) is 6.50. The summed E-state index contributed by atoms with van der Waals surface area (Å²) in [6.07, 6.45) is 8.50. The first-order valence-electron chi connectivity index (χ1n) is 10.3. The summed E-state index contributed by atoms with van der Waals surface area (Å²) in [5.74, 6) is 6.88. The number of pyridine rings is 1.